The van der Waals surface area contributed by atoms with Crippen molar-refractivity contribution in [2.45, 2.75) is 6.42 Å². The van der Waals surface area contributed by atoms with E-state index in [1.54, 1.807) is 24.3 Å². The average Bonchev–Trinajstić information content (AvgIpc) is 2.28. The van der Waals surface area contributed by atoms with Gasteiger partial charge in [0.15, 0.2) is 0 Å². The molecule has 4 nitrogen and oxygen atoms in total. The molecule has 0 bridgehead atoms. The minimum absolute atomic E-state index is 0.220. The first kappa shape index (κ1) is 11.8. The van der Waals surface area contributed by atoms with E-state index in [0.29, 0.717) is 11.1 Å². The summed E-state index contributed by atoms with van der Waals surface area (Å²) in [5, 5.41) is 8.40. The molecule has 0 aliphatic carbocycles. The molecule has 0 aliphatic rings. The zero-order valence-corrected chi connectivity index (χ0v) is 8.69. The highest BCUT2D eigenvalue weighted by Crippen LogP contribution is 2.05. The van der Waals surface area contributed by atoms with Crippen molar-refractivity contribution in [3.63, 3.8) is 0 Å². The zero-order chi connectivity index (χ0) is 12.0. The van der Waals surface area contributed by atoms with E-state index in [1.165, 1.54) is 7.11 Å². The Balaban J connectivity index is 2.85. The molecule has 1 rings (SSSR count). The lowest BCUT2D eigenvalue weighted by Gasteiger charge is -1.98. The van der Waals surface area contributed by atoms with Crippen molar-refractivity contribution in [2.75, 3.05) is 7.11 Å². The van der Waals surface area contributed by atoms with Gasteiger partial charge in [0.1, 0.15) is 6.42 Å². The van der Waals surface area contributed by atoms with Gasteiger partial charge in [0.2, 0.25) is 0 Å². The first-order valence-electron chi connectivity index (χ1n) is 4.52. The molecule has 0 amide bonds. The summed E-state index contributed by atoms with van der Waals surface area (Å²) in [6.07, 6.45) is -0.220. The van der Waals surface area contributed by atoms with Gasteiger partial charge in [-0.2, -0.15) is 0 Å². The molecule has 0 aliphatic heterocycles. The van der Waals surface area contributed by atoms with Crippen molar-refractivity contribution in [1.82, 2.24) is 0 Å². The maximum atomic E-state index is 11.2. The number of ether oxygens (including phenoxy) is 1. The molecule has 0 saturated carbocycles. The lowest BCUT2D eigenvalue weighted by Crippen LogP contribution is -2.00. The number of carbonyl (C=O) groups excluding carboxylic acids is 1. The van der Waals surface area contributed by atoms with Gasteiger partial charge in [-0.05, 0) is 18.2 Å². The summed E-state index contributed by atoms with van der Waals surface area (Å²) in [4.78, 5) is 21.4. The topological polar surface area (TPSA) is 63.6 Å². The molecule has 0 radical (unpaired) electrons. The highest BCUT2D eigenvalue weighted by Gasteiger charge is 2.04. The minimum Gasteiger partial charge on any atom is -0.481 e. The van der Waals surface area contributed by atoms with Crippen LogP contribution in [0.4, 0.5) is 0 Å². The second-order valence-corrected chi connectivity index (χ2v) is 2.94. The maximum absolute atomic E-state index is 11.2. The number of hydrogen-bond donors (Lipinski definition) is 1. The van der Waals surface area contributed by atoms with E-state index in [1.807, 2.05) is 0 Å². The Bertz CT molecular complexity index is 465. The van der Waals surface area contributed by atoms with Gasteiger partial charge >= 0.3 is 11.9 Å². The van der Waals surface area contributed by atoms with Crippen molar-refractivity contribution in [2.24, 2.45) is 0 Å². The first-order chi connectivity index (χ1) is 7.63. The second-order valence-electron chi connectivity index (χ2n) is 2.94. The number of esters is 1. The second kappa shape index (κ2) is 5.56. The molecule has 0 saturated heterocycles. The van der Waals surface area contributed by atoms with Crippen LogP contribution < -0.4 is 0 Å². The van der Waals surface area contributed by atoms with Crippen molar-refractivity contribution >= 4 is 11.9 Å². The smallest absolute Gasteiger partial charge is 0.337 e. The van der Waals surface area contributed by atoms with E-state index in [4.69, 9.17) is 5.11 Å². The monoisotopic (exact) mass is 218 g/mol. The van der Waals surface area contributed by atoms with Gasteiger partial charge in [0, 0.05) is 5.56 Å². The van der Waals surface area contributed by atoms with Crippen molar-refractivity contribution in [1.29, 1.82) is 0 Å². The Morgan fingerprint density at radius 2 is 2.19 bits per heavy atom. The van der Waals surface area contributed by atoms with Crippen molar-refractivity contribution in [3.05, 3.63) is 35.4 Å². The number of hydrogen-bond acceptors (Lipinski definition) is 3. The van der Waals surface area contributed by atoms with E-state index in [0.717, 1.165) is 0 Å². The number of benzene rings is 1. The lowest BCUT2D eigenvalue weighted by atomic mass is 10.1. The molecule has 1 aromatic carbocycles. The molecule has 0 fully saturated rings. The Labute approximate surface area is 92.9 Å². The fraction of sp³-hybridized carbons (Fsp3) is 0.167. The molecule has 4 heteroatoms. The summed E-state index contributed by atoms with van der Waals surface area (Å²) >= 11 is 0. The lowest BCUT2D eigenvalue weighted by molar-refractivity contribution is -0.135. The first-order valence-corrected chi connectivity index (χ1v) is 4.52. The number of carboxylic acids is 1. The van der Waals surface area contributed by atoms with Crippen LogP contribution in [0.5, 0.6) is 0 Å². The maximum Gasteiger partial charge on any atom is 0.337 e. The highest BCUT2D eigenvalue weighted by atomic mass is 16.5. The molecule has 82 valence electrons. The van der Waals surface area contributed by atoms with Gasteiger partial charge in [-0.25, -0.2) is 4.79 Å². The zero-order valence-electron chi connectivity index (χ0n) is 8.69. The third-order valence-corrected chi connectivity index (χ3v) is 1.76. The summed E-state index contributed by atoms with van der Waals surface area (Å²) < 4.78 is 4.55. The van der Waals surface area contributed by atoms with Crippen LogP contribution in [0.1, 0.15) is 22.3 Å². The van der Waals surface area contributed by atoms with Crippen LogP contribution in [0.15, 0.2) is 24.3 Å². The van der Waals surface area contributed by atoms with E-state index in [-0.39, 0.29) is 6.42 Å². The van der Waals surface area contributed by atoms with Gasteiger partial charge in [0.25, 0.3) is 0 Å². The summed E-state index contributed by atoms with van der Waals surface area (Å²) in [6.45, 7) is 0. The summed E-state index contributed by atoms with van der Waals surface area (Å²) in [7, 11) is 1.30. The number of aliphatic carboxylic acids is 1. The van der Waals surface area contributed by atoms with Crippen LogP contribution in [0.2, 0.25) is 0 Å². The van der Waals surface area contributed by atoms with Crippen molar-refractivity contribution in [3.8, 4) is 11.8 Å². The predicted molar refractivity (Wildman–Crippen MR) is 56.9 cm³/mol. The van der Waals surface area contributed by atoms with Gasteiger partial charge in [0.05, 0.1) is 12.7 Å². The summed E-state index contributed by atoms with van der Waals surface area (Å²) in [5.41, 5.74) is 0.980. The Kier molecular flexibility index (Phi) is 4.10. The van der Waals surface area contributed by atoms with Crippen molar-refractivity contribution < 1.29 is 19.4 Å². The molecule has 0 spiro atoms. The molecule has 0 aromatic heterocycles. The van der Waals surface area contributed by atoms with Gasteiger partial charge in [-0.15, -0.1) is 0 Å². The quantitative estimate of drug-likeness (QED) is 0.600. The standard InChI is InChI=1S/C12H10O4/c1-16-12(15)10-6-2-4-9(8-10)5-3-7-11(13)14/h2,4,6,8H,7H2,1H3,(H,13,14). The molecule has 0 atom stereocenters. The fourth-order valence-electron chi connectivity index (χ4n) is 1.06. The third kappa shape index (κ3) is 3.46. The number of carbonyl (C=O) groups is 2. The van der Waals surface area contributed by atoms with Crippen LogP contribution >= 0.6 is 0 Å². The van der Waals surface area contributed by atoms with Crippen LogP contribution in [0.25, 0.3) is 0 Å². The van der Waals surface area contributed by atoms with Crippen LogP contribution in [-0.4, -0.2) is 24.2 Å². The van der Waals surface area contributed by atoms with Crippen LogP contribution in [0, 0.1) is 11.8 Å². The third-order valence-electron chi connectivity index (χ3n) is 1.76. The molecular formula is C12H10O4. The molecule has 0 unspecified atom stereocenters. The Morgan fingerprint density at radius 3 is 2.81 bits per heavy atom. The number of methoxy groups -OCH3 is 1. The Morgan fingerprint density at radius 1 is 1.44 bits per heavy atom. The van der Waals surface area contributed by atoms with E-state index >= 15 is 0 Å². The molecule has 1 aromatic rings. The highest BCUT2D eigenvalue weighted by molar-refractivity contribution is 5.89. The fourth-order valence-corrected chi connectivity index (χ4v) is 1.06. The van der Waals surface area contributed by atoms with Gasteiger partial charge in [-0.1, -0.05) is 17.9 Å². The minimum atomic E-state index is -0.975. The molecule has 1 N–H and O–H groups in total. The number of rotatable bonds is 2. The molecule has 16 heavy (non-hydrogen) atoms. The van der Waals surface area contributed by atoms with Crippen LogP contribution in [-0.2, 0) is 9.53 Å². The largest absolute Gasteiger partial charge is 0.481 e. The summed E-state index contributed by atoms with van der Waals surface area (Å²) in [6, 6.07) is 6.52. The average molecular weight is 218 g/mol. The van der Waals surface area contributed by atoms with E-state index < -0.39 is 11.9 Å². The Hall–Kier alpha value is -2.28. The van der Waals surface area contributed by atoms with Gasteiger partial charge in [-0.3, -0.25) is 4.79 Å². The van der Waals surface area contributed by atoms with Gasteiger partial charge < -0.3 is 9.84 Å². The SMILES string of the molecule is COC(=O)c1cccc(C#CCC(=O)O)c1. The van der Waals surface area contributed by atoms with E-state index in [2.05, 4.69) is 16.6 Å². The molecule has 0 heterocycles. The predicted octanol–water partition coefficient (Wildman–Crippen LogP) is 1.30. The van der Waals surface area contributed by atoms with E-state index in [9.17, 15) is 9.59 Å². The number of carboxylic acid groups (broad SMARTS) is 1. The summed E-state index contributed by atoms with van der Waals surface area (Å²) in [5.74, 6) is 3.72. The molecular weight excluding hydrogens is 208 g/mol. The normalized spacial score (nSPS) is 8.81. The van der Waals surface area contributed by atoms with Crippen LogP contribution in [0.3, 0.4) is 0 Å².